The third-order valence-electron chi connectivity index (χ3n) is 5.74. The summed E-state index contributed by atoms with van der Waals surface area (Å²) < 4.78 is 21.9. The van der Waals surface area contributed by atoms with Crippen LogP contribution in [0.3, 0.4) is 0 Å². The van der Waals surface area contributed by atoms with Crippen molar-refractivity contribution in [3.63, 3.8) is 0 Å². The molecule has 3 aromatic rings. The van der Waals surface area contributed by atoms with Gasteiger partial charge in [-0.2, -0.15) is 5.10 Å². The zero-order valence-corrected chi connectivity index (χ0v) is 17.0. The van der Waals surface area contributed by atoms with Gasteiger partial charge in [0.1, 0.15) is 17.0 Å². The fourth-order valence-corrected chi connectivity index (χ4v) is 4.20. The van der Waals surface area contributed by atoms with Crippen LogP contribution in [0.4, 0.5) is 4.39 Å². The van der Waals surface area contributed by atoms with Crippen molar-refractivity contribution in [3.05, 3.63) is 35.5 Å². The maximum Gasteiger partial charge on any atom is 0.165 e. The molecule has 2 aromatic heterocycles. The number of rotatable bonds is 7. The summed E-state index contributed by atoms with van der Waals surface area (Å²) in [6.45, 7) is 6.29. The Bertz CT molecular complexity index is 1010. The third kappa shape index (κ3) is 3.15. The Balaban J connectivity index is 1.92. The number of hydrogen-bond donors (Lipinski definition) is 0. The largest absolute Gasteiger partial charge is 0.494 e. The fourth-order valence-electron chi connectivity index (χ4n) is 4.20. The average molecular weight is 382 g/mol. The quantitative estimate of drug-likeness (QED) is 0.559. The predicted molar refractivity (Wildman–Crippen MR) is 108 cm³/mol. The first kappa shape index (κ1) is 18.8. The van der Waals surface area contributed by atoms with Gasteiger partial charge in [0.15, 0.2) is 11.6 Å². The van der Waals surface area contributed by atoms with Crippen LogP contribution in [0.2, 0.25) is 0 Å². The molecular weight excluding hydrogens is 355 g/mol. The van der Waals surface area contributed by atoms with Crippen molar-refractivity contribution in [3.8, 4) is 17.0 Å². The van der Waals surface area contributed by atoms with Crippen molar-refractivity contribution in [1.29, 1.82) is 0 Å². The topological polar surface area (TPSA) is 52.8 Å². The predicted octanol–water partition coefficient (Wildman–Crippen LogP) is 5.26. The fraction of sp³-hybridized carbons (Fsp3) is 0.500. The van der Waals surface area contributed by atoms with Crippen LogP contribution in [0.5, 0.6) is 5.75 Å². The average Bonchev–Trinajstić information content (AvgIpc) is 3.47. The smallest absolute Gasteiger partial charge is 0.165 e. The first-order valence-corrected chi connectivity index (χ1v) is 10.2. The highest BCUT2D eigenvalue weighted by Crippen LogP contribution is 2.44. The molecule has 0 amide bonds. The Kier molecular flexibility index (Phi) is 5.04. The van der Waals surface area contributed by atoms with Gasteiger partial charge in [0.25, 0.3) is 0 Å². The zero-order valence-electron chi connectivity index (χ0n) is 17.0. The van der Waals surface area contributed by atoms with E-state index >= 15 is 0 Å². The van der Waals surface area contributed by atoms with E-state index in [1.165, 1.54) is 26.0 Å². The highest BCUT2D eigenvalue weighted by molar-refractivity contribution is 5.90. The molecule has 28 heavy (non-hydrogen) atoms. The number of imidazole rings is 1. The van der Waals surface area contributed by atoms with Crippen LogP contribution in [-0.4, -0.2) is 26.9 Å². The van der Waals surface area contributed by atoms with Crippen LogP contribution < -0.4 is 4.74 Å². The number of methoxy groups -OCH3 is 1. The van der Waals surface area contributed by atoms with E-state index in [-0.39, 0.29) is 5.75 Å². The normalized spacial score (nSPS) is 15.2. The zero-order chi connectivity index (χ0) is 19.8. The summed E-state index contributed by atoms with van der Waals surface area (Å²) in [6.07, 6.45) is 7.49. The molecule has 1 atom stereocenters. The monoisotopic (exact) mass is 382 g/mol. The summed E-state index contributed by atoms with van der Waals surface area (Å²) in [5.74, 6) is 1.61. The second-order valence-corrected chi connectivity index (χ2v) is 7.67. The maximum atomic E-state index is 14.4. The number of halogens is 1. The van der Waals surface area contributed by atoms with E-state index < -0.39 is 5.82 Å². The van der Waals surface area contributed by atoms with E-state index in [0.717, 1.165) is 47.6 Å². The van der Waals surface area contributed by atoms with Gasteiger partial charge in [-0.05, 0) is 49.8 Å². The van der Waals surface area contributed by atoms with Crippen molar-refractivity contribution >= 4 is 11.0 Å². The van der Waals surface area contributed by atoms with Crippen molar-refractivity contribution in [2.24, 2.45) is 5.92 Å². The van der Waals surface area contributed by atoms with Gasteiger partial charge in [0.2, 0.25) is 0 Å². The van der Waals surface area contributed by atoms with Crippen LogP contribution in [0.1, 0.15) is 57.0 Å². The minimum absolute atomic E-state index is 0.234. The lowest BCUT2D eigenvalue weighted by molar-refractivity contribution is 0.386. The molecule has 5 nitrogen and oxygen atoms in total. The molecule has 1 saturated carbocycles. The Labute approximate surface area is 165 Å². The van der Waals surface area contributed by atoms with E-state index in [2.05, 4.69) is 28.6 Å². The molecular formula is C22H27FN4O. The lowest BCUT2D eigenvalue weighted by Crippen LogP contribution is -2.14. The van der Waals surface area contributed by atoms with E-state index in [1.54, 1.807) is 6.07 Å². The van der Waals surface area contributed by atoms with Gasteiger partial charge in [0, 0.05) is 18.0 Å². The molecule has 1 aliphatic carbocycles. The summed E-state index contributed by atoms with van der Waals surface area (Å²) in [5, 5.41) is 8.62. The SMILES string of the molecule is CCCC(C1CC1)n1c(CC)nc2c(-c3cc(F)c(OC)cc3C)nncc21. The lowest BCUT2D eigenvalue weighted by atomic mass is 10.0. The van der Waals surface area contributed by atoms with Crippen LogP contribution in [-0.2, 0) is 6.42 Å². The van der Waals surface area contributed by atoms with Crippen LogP contribution in [0, 0.1) is 18.7 Å². The van der Waals surface area contributed by atoms with Crippen molar-refractivity contribution < 1.29 is 9.13 Å². The van der Waals surface area contributed by atoms with Gasteiger partial charge < -0.3 is 9.30 Å². The number of fused-ring (bicyclic) bond motifs is 1. The highest BCUT2D eigenvalue weighted by atomic mass is 19.1. The lowest BCUT2D eigenvalue weighted by Gasteiger charge is -2.20. The Morgan fingerprint density at radius 3 is 2.71 bits per heavy atom. The number of aryl methyl sites for hydroxylation is 2. The minimum Gasteiger partial charge on any atom is -0.494 e. The summed E-state index contributed by atoms with van der Waals surface area (Å²) in [7, 11) is 1.47. The summed E-state index contributed by atoms with van der Waals surface area (Å²) in [4.78, 5) is 4.94. The van der Waals surface area contributed by atoms with Gasteiger partial charge in [-0.3, -0.25) is 0 Å². The molecule has 1 fully saturated rings. The van der Waals surface area contributed by atoms with Crippen molar-refractivity contribution in [2.45, 2.75) is 58.9 Å². The Morgan fingerprint density at radius 1 is 1.29 bits per heavy atom. The van der Waals surface area contributed by atoms with Crippen molar-refractivity contribution in [1.82, 2.24) is 19.7 Å². The molecule has 2 heterocycles. The van der Waals surface area contributed by atoms with E-state index in [0.29, 0.717) is 17.3 Å². The molecule has 6 heteroatoms. The number of hydrogen-bond acceptors (Lipinski definition) is 4. The first-order valence-electron chi connectivity index (χ1n) is 10.2. The molecule has 4 rings (SSSR count). The molecule has 0 N–H and O–H groups in total. The highest BCUT2D eigenvalue weighted by Gasteiger charge is 2.34. The van der Waals surface area contributed by atoms with E-state index in [9.17, 15) is 4.39 Å². The minimum atomic E-state index is -0.404. The molecule has 0 aliphatic heterocycles. The van der Waals surface area contributed by atoms with Gasteiger partial charge in [-0.15, -0.1) is 5.10 Å². The Hall–Kier alpha value is -2.50. The van der Waals surface area contributed by atoms with Gasteiger partial charge in [-0.25, -0.2) is 9.37 Å². The van der Waals surface area contributed by atoms with Gasteiger partial charge in [-0.1, -0.05) is 20.3 Å². The Morgan fingerprint density at radius 2 is 2.07 bits per heavy atom. The number of nitrogens with zero attached hydrogens (tertiary/aromatic N) is 4. The van der Waals surface area contributed by atoms with Crippen molar-refractivity contribution in [2.75, 3.05) is 7.11 Å². The standard InChI is InChI=1S/C22H27FN4O/c1-5-7-17(14-8-9-14)27-18-12-24-26-21(22(18)25-20(27)6-2)15-11-16(23)19(28-4)10-13(15)3/h10-12,14,17H,5-9H2,1-4H3. The summed E-state index contributed by atoms with van der Waals surface area (Å²) in [6, 6.07) is 3.63. The number of ether oxygens (including phenoxy) is 1. The molecule has 0 saturated heterocycles. The van der Waals surface area contributed by atoms with Crippen LogP contribution in [0.25, 0.3) is 22.3 Å². The summed E-state index contributed by atoms with van der Waals surface area (Å²) >= 11 is 0. The number of benzene rings is 1. The molecule has 1 aliphatic rings. The molecule has 1 aromatic carbocycles. The molecule has 0 radical (unpaired) electrons. The number of aromatic nitrogens is 4. The van der Waals surface area contributed by atoms with Gasteiger partial charge in [0.05, 0.1) is 18.8 Å². The van der Waals surface area contributed by atoms with Crippen LogP contribution >= 0.6 is 0 Å². The first-order chi connectivity index (χ1) is 13.6. The molecule has 0 bridgehead atoms. The van der Waals surface area contributed by atoms with Crippen LogP contribution in [0.15, 0.2) is 18.3 Å². The second-order valence-electron chi connectivity index (χ2n) is 7.67. The van der Waals surface area contributed by atoms with E-state index in [1.807, 2.05) is 13.1 Å². The maximum absolute atomic E-state index is 14.4. The molecule has 148 valence electrons. The third-order valence-corrected chi connectivity index (χ3v) is 5.74. The van der Waals surface area contributed by atoms with Gasteiger partial charge >= 0.3 is 0 Å². The molecule has 1 unspecified atom stereocenters. The second kappa shape index (κ2) is 7.49. The summed E-state index contributed by atoms with van der Waals surface area (Å²) in [5.41, 5.74) is 4.04. The molecule has 0 spiro atoms. The van der Waals surface area contributed by atoms with E-state index in [4.69, 9.17) is 9.72 Å².